The van der Waals surface area contributed by atoms with Gasteiger partial charge >= 0.3 is 5.97 Å². The molecule has 0 aliphatic rings. The summed E-state index contributed by atoms with van der Waals surface area (Å²) in [6.45, 7) is 1.43. The lowest BCUT2D eigenvalue weighted by Crippen LogP contribution is -2.21. The molecule has 0 spiro atoms. The van der Waals surface area contributed by atoms with Crippen LogP contribution >= 0.6 is 23.2 Å². The van der Waals surface area contributed by atoms with Crippen LogP contribution in [0.25, 0.3) is 22.2 Å². The normalized spacial score (nSPS) is 10.7. The summed E-state index contributed by atoms with van der Waals surface area (Å²) in [7, 11) is 0. The van der Waals surface area contributed by atoms with Crippen molar-refractivity contribution in [2.45, 2.75) is 6.92 Å². The number of fused-ring (bicyclic) bond motifs is 1. The number of esters is 1. The predicted molar refractivity (Wildman–Crippen MR) is 127 cm³/mol. The number of aromatic nitrogens is 1. The number of para-hydroxylation sites is 1. The third-order valence-electron chi connectivity index (χ3n) is 4.87. The van der Waals surface area contributed by atoms with Crippen LogP contribution < -0.4 is 5.32 Å². The van der Waals surface area contributed by atoms with Gasteiger partial charge in [-0.15, -0.1) is 0 Å². The highest BCUT2D eigenvalue weighted by atomic mass is 35.5. The number of carbonyl (C=O) groups is 2. The van der Waals surface area contributed by atoms with Gasteiger partial charge in [-0.1, -0.05) is 59.6 Å². The van der Waals surface area contributed by atoms with Gasteiger partial charge in [0, 0.05) is 26.7 Å². The molecular weight excluding hydrogens is 447 g/mol. The van der Waals surface area contributed by atoms with Crippen LogP contribution in [0.2, 0.25) is 10.0 Å². The molecule has 32 heavy (non-hydrogen) atoms. The number of halogens is 2. The van der Waals surface area contributed by atoms with Crippen molar-refractivity contribution < 1.29 is 14.3 Å². The number of nitrogens with one attached hydrogen (secondary N) is 1. The van der Waals surface area contributed by atoms with E-state index >= 15 is 0 Å². The molecule has 0 fully saturated rings. The number of hydrogen-bond donors (Lipinski definition) is 1. The predicted octanol–water partition coefficient (Wildman–Crippen LogP) is 6.31. The van der Waals surface area contributed by atoms with Crippen LogP contribution in [0, 0.1) is 6.92 Å². The summed E-state index contributed by atoms with van der Waals surface area (Å²) in [6.07, 6.45) is 0. The molecule has 0 saturated carbocycles. The van der Waals surface area contributed by atoms with Gasteiger partial charge in [0.1, 0.15) is 0 Å². The lowest BCUT2D eigenvalue weighted by atomic mass is 10.0. The van der Waals surface area contributed by atoms with E-state index in [-0.39, 0.29) is 0 Å². The Morgan fingerprint density at radius 3 is 2.47 bits per heavy atom. The van der Waals surface area contributed by atoms with Crippen LogP contribution in [0.4, 0.5) is 5.69 Å². The van der Waals surface area contributed by atoms with Crippen molar-refractivity contribution in [1.29, 1.82) is 0 Å². The second-order valence-corrected chi connectivity index (χ2v) is 8.01. The van der Waals surface area contributed by atoms with Gasteiger partial charge in [0.05, 0.1) is 16.8 Å². The topological polar surface area (TPSA) is 68.3 Å². The van der Waals surface area contributed by atoms with E-state index in [2.05, 4.69) is 10.3 Å². The number of anilines is 1. The molecule has 7 heteroatoms. The number of aryl methyl sites for hydroxylation is 1. The van der Waals surface area contributed by atoms with Crippen LogP contribution in [0.3, 0.4) is 0 Å². The average molecular weight is 465 g/mol. The number of benzene rings is 3. The lowest BCUT2D eigenvalue weighted by molar-refractivity contribution is -0.119. The van der Waals surface area contributed by atoms with Crippen LogP contribution in [0.5, 0.6) is 0 Å². The second-order valence-electron chi connectivity index (χ2n) is 7.17. The van der Waals surface area contributed by atoms with E-state index in [1.54, 1.807) is 42.5 Å². The van der Waals surface area contributed by atoms with Crippen molar-refractivity contribution in [2.75, 3.05) is 11.9 Å². The second kappa shape index (κ2) is 9.39. The minimum Gasteiger partial charge on any atom is -0.452 e. The van der Waals surface area contributed by atoms with Gasteiger partial charge in [-0.2, -0.15) is 0 Å². The zero-order valence-electron chi connectivity index (χ0n) is 17.1. The molecule has 3 aromatic carbocycles. The SMILES string of the molecule is Cc1ccc(NC(=O)COC(=O)c2cc(-c3ccc(Cl)cc3)nc3ccccc23)cc1Cl. The molecule has 5 nitrogen and oxygen atoms in total. The number of pyridine rings is 1. The van der Waals surface area contributed by atoms with E-state index in [1.807, 2.05) is 37.3 Å². The number of hydrogen-bond acceptors (Lipinski definition) is 4. The van der Waals surface area contributed by atoms with Gasteiger partial charge in [0.25, 0.3) is 5.91 Å². The maximum Gasteiger partial charge on any atom is 0.339 e. The molecule has 0 atom stereocenters. The van der Waals surface area contributed by atoms with Crippen molar-refractivity contribution in [1.82, 2.24) is 4.98 Å². The Hall–Kier alpha value is -3.41. The quantitative estimate of drug-likeness (QED) is 0.351. The Balaban J connectivity index is 1.55. The molecule has 0 aliphatic carbocycles. The van der Waals surface area contributed by atoms with E-state index in [4.69, 9.17) is 27.9 Å². The van der Waals surface area contributed by atoms with E-state index in [9.17, 15) is 9.59 Å². The lowest BCUT2D eigenvalue weighted by Gasteiger charge is -2.11. The monoisotopic (exact) mass is 464 g/mol. The first kappa shape index (κ1) is 21.8. The number of amides is 1. The molecule has 1 N–H and O–H groups in total. The van der Waals surface area contributed by atoms with E-state index in [1.165, 1.54) is 0 Å². The Kier molecular flexibility index (Phi) is 6.40. The summed E-state index contributed by atoms with van der Waals surface area (Å²) in [5.74, 6) is -1.08. The first-order valence-corrected chi connectivity index (χ1v) is 10.5. The number of nitrogens with zero attached hydrogens (tertiary/aromatic N) is 1. The third kappa shape index (κ3) is 4.90. The molecule has 1 amide bonds. The molecule has 0 bridgehead atoms. The highest BCUT2D eigenvalue weighted by molar-refractivity contribution is 6.31. The van der Waals surface area contributed by atoms with Crippen molar-refractivity contribution in [3.63, 3.8) is 0 Å². The Morgan fingerprint density at radius 1 is 0.969 bits per heavy atom. The van der Waals surface area contributed by atoms with Gasteiger partial charge in [0.15, 0.2) is 6.61 Å². The molecule has 4 rings (SSSR count). The van der Waals surface area contributed by atoms with Gasteiger partial charge in [-0.25, -0.2) is 9.78 Å². The Labute approximate surface area is 194 Å². The third-order valence-corrected chi connectivity index (χ3v) is 5.53. The summed E-state index contributed by atoms with van der Waals surface area (Å²) in [5, 5.41) is 4.46. The Bertz CT molecular complexity index is 1320. The van der Waals surface area contributed by atoms with E-state index < -0.39 is 18.5 Å². The van der Waals surface area contributed by atoms with Crippen LogP contribution in [-0.4, -0.2) is 23.5 Å². The van der Waals surface area contributed by atoms with Crippen LogP contribution in [-0.2, 0) is 9.53 Å². The maximum atomic E-state index is 12.9. The summed E-state index contributed by atoms with van der Waals surface area (Å²) in [4.78, 5) is 29.8. The average Bonchev–Trinajstić information content (AvgIpc) is 2.79. The number of carbonyl (C=O) groups excluding carboxylic acids is 2. The fourth-order valence-corrected chi connectivity index (χ4v) is 3.50. The van der Waals surface area contributed by atoms with Crippen molar-refractivity contribution in [3.8, 4) is 11.3 Å². The van der Waals surface area contributed by atoms with Crippen LogP contribution in [0.15, 0.2) is 72.8 Å². The highest BCUT2D eigenvalue weighted by Gasteiger charge is 2.17. The van der Waals surface area contributed by atoms with Crippen LogP contribution in [0.1, 0.15) is 15.9 Å². The summed E-state index contributed by atoms with van der Waals surface area (Å²) in [6, 6.07) is 21.3. The number of rotatable bonds is 5. The van der Waals surface area contributed by atoms with E-state index in [0.717, 1.165) is 11.1 Å². The highest BCUT2D eigenvalue weighted by Crippen LogP contribution is 2.26. The summed E-state index contributed by atoms with van der Waals surface area (Å²) >= 11 is 12.1. The first-order chi connectivity index (χ1) is 15.4. The van der Waals surface area contributed by atoms with Gasteiger partial charge < -0.3 is 10.1 Å². The number of ether oxygens (including phenoxy) is 1. The van der Waals surface area contributed by atoms with Crippen molar-refractivity contribution >= 4 is 51.7 Å². The minimum absolute atomic E-state index is 0.326. The van der Waals surface area contributed by atoms with Crippen molar-refractivity contribution in [3.05, 3.63) is 94.0 Å². The summed E-state index contributed by atoms with van der Waals surface area (Å²) in [5.41, 5.74) is 3.81. The molecule has 0 radical (unpaired) electrons. The first-order valence-electron chi connectivity index (χ1n) is 9.79. The fourth-order valence-electron chi connectivity index (χ4n) is 3.19. The molecule has 1 heterocycles. The molecule has 0 unspecified atom stereocenters. The fraction of sp³-hybridized carbons (Fsp3) is 0.0800. The van der Waals surface area contributed by atoms with E-state index in [0.29, 0.717) is 37.9 Å². The Morgan fingerprint density at radius 2 is 1.72 bits per heavy atom. The molecule has 0 aliphatic heterocycles. The van der Waals surface area contributed by atoms with Gasteiger partial charge in [-0.3, -0.25) is 4.79 Å². The molecule has 1 aromatic heterocycles. The van der Waals surface area contributed by atoms with Gasteiger partial charge in [0.2, 0.25) is 0 Å². The summed E-state index contributed by atoms with van der Waals surface area (Å²) < 4.78 is 5.30. The van der Waals surface area contributed by atoms with Gasteiger partial charge in [-0.05, 0) is 48.9 Å². The minimum atomic E-state index is -0.615. The molecule has 160 valence electrons. The molecule has 4 aromatic rings. The molecular formula is C25H18Cl2N2O3. The smallest absolute Gasteiger partial charge is 0.339 e. The maximum absolute atomic E-state index is 12.9. The standard InChI is InChI=1S/C25H18Cl2N2O3/c1-15-6-11-18(12-21(15)27)28-24(30)14-32-25(31)20-13-23(16-7-9-17(26)10-8-16)29-22-5-3-2-4-19(20)22/h2-13H,14H2,1H3,(H,28,30). The zero-order chi connectivity index (χ0) is 22.7. The molecule has 0 saturated heterocycles. The zero-order valence-corrected chi connectivity index (χ0v) is 18.6. The van der Waals surface area contributed by atoms with Crippen molar-refractivity contribution in [2.24, 2.45) is 0 Å². The largest absolute Gasteiger partial charge is 0.452 e.